The lowest BCUT2D eigenvalue weighted by Gasteiger charge is -2.20. The van der Waals surface area contributed by atoms with Crippen molar-refractivity contribution in [2.24, 2.45) is 5.73 Å². The summed E-state index contributed by atoms with van der Waals surface area (Å²) in [6, 6.07) is 5.87. The van der Waals surface area contributed by atoms with Crippen LogP contribution in [0.25, 0.3) is 0 Å². The van der Waals surface area contributed by atoms with Gasteiger partial charge in [0.1, 0.15) is 5.75 Å². The summed E-state index contributed by atoms with van der Waals surface area (Å²) < 4.78 is 11.9. The summed E-state index contributed by atoms with van der Waals surface area (Å²) in [5.74, 6) is 0.821. The Morgan fingerprint density at radius 2 is 2.24 bits per heavy atom. The van der Waals surface area contributed by atoms with E-state index in [1.54, 1.807) is 7.11 Å². The van der Waals surface area contributed by atoms with Gasteiger partial charge in [-0.05, 0) is 53.4 Å². The highest BCUT2D eigenvalue weighted by atomic mass is 79.9. The lowest BCUT2D eigenvalue weighted by Crippen LogP contribution is -2.26. The summed E-state index contributed by atoms with van der Waals surface area (Å²) in [6.45, 7) is 2.09. The van der Waals surface area contributed by atoms with Crippen LogP contribution in [-0.4, -0.2) is 19.3 Å². The Hall–Kier alpha value is -0.580. The first-order chi connectivity index (χ1) is 8.11. The van der Waals surface area contributed by atoms with E-state index < -0.39 is 0 Å². The van der Waals surface area contributed by atoms with Crippen LogP contribution in [0.4, 0.5) is 0 Å². The van der Waals surface area contributed by atoms with Gasteiger partial charge >= 0.3 is 0 Å². The van der Waals surface area contributed by atoms with Crippen molar-refractivity contribution in [1.82, 2.24) is 0 Å². The predicted molar refractivity (Wildman–Crippen MR) is 71.2 cm³/mol. The molecule has 0 aromatic heterocycles. The van der Waals surface area contributed by atoms with Crippen LogP contribution in [0.3, 0.4) is 0 Å². The number of ether oxygens (including phenoxy) is 2. The largest absolute Gasteiger partial charge is 0.496 e. The second-order valence-corrected chi connectivity index (χ2v) is 5.34. The SMILES string of the molecule is COc1ccc(C(N)C2CCC(C)O2)cc1Br. The van der Waals surface area contributed by atoms with E-state index in [4.69, 9.17) is 15.2 Å². The van der Waals surface area contributed by atoms with Crippen molar-refractivity contribution < 1.29 is 9.47 Å². The van der Waals surface area contributed by atoms with E-state index in [2.05, 4.69) is 22.9 Å². The van der Waals surface area contributed by atoms with Gasteiger partial charge in [0.15, 0.2) is 0 Å². The fraction of sp³-hybridized carbons (Fsp3) is 0.538. The average molecular weight is 300 g/mol. The lowest BCUT2D eigenvalue weighted by molar-refractivity contribution is 0.0401. The molecule has 94 valence electrons. The molecule has 3 atom stereocenters. The second kappa shape index (κ2) is 5.38. The Morgan fingerprint density at radius 3 is 2.76 bits per heavy atom. The molecule has 1 aromatic rings. The number of nitrogens with two attached hydrogens (primary N) is 1. The van der Waals surface area contributed by atoms with E-state index in [1.165, 1.54) is 0 Å². The molecule has 3 nitrogen and oxygen atoms in total. The Bertz CT molecular complexity index is 397. The van der Waals surface area contributed by atoms with Gasteiger partial charge in [0.2, 0.25) is 0 Å². The Kier molecular flexibility index (Phi) is 4.07. The molecule has 0 radical (unpaired) electrons. The highest BCUT2D eigenvalue weighted by Gasteiger charge is 2.28. The topological polar surface area (TPSA) is 44.5 Å². The molecule has 3 unspecified atom stereocenters. The van der Waals surface area contributed by atoms with Crippen molar-refractivity contribution in [2.75, 3.05) is 7.11 Å². The van der Waals surface area contributed by atoms with Gasteiger partial charge in [-0.25, -0.2) is 0 Å². The Morgan fingerprint density at radius 1 is 1.47 bits per heavy atom. The Labute approximate surface area is 110 Å². The van der Waals surface area contributed by atoms with E-state index in [9.17, 15) is 0 Å². The third-order valence-corrected chi connectivity index (χ3v) is 3.85. The third kappa shape index (κ3) is 2.81. The highest BCUT2D eigenvalue weighted by molar-refractivity contribution is 9.10. The normalized spacial score (nSPS) is 25.9. The van der Waals surface area contributed by atoms with Crippen LogP contribution in [0.5, 0.6) is 5.75 Å². The maximum absolute atomic E-state index is 6.24. The van der Waals surface area contributed by atoms with Crippen molar-refractivity contribution in [2.45, 2.75) is 38.0 Å². The first-order valence-electron chi connectivity index (χ1n) is 5.86. The van der Waals surface area contributed by atoms with Crippen molar-refractivity contribution >= 4 is 15.9 Å². The molecule has 17 heavy (non-hydrogen) atoms. The maximum Gasteiger partial charge on any atom is 0.133 e. The van der Waals surface area contributed by atoms with E-state index in [0.29, 0.717) is 6.10 Å². The standard InChI is InChI=1S/C13H18BrNO2/c1-8-3-5-12(17-8)13(15)9-4-6-11(16-2)10(14)7-9/h4,6-8,12-13H,3,5,15H2,1-2H3. The van der Waals surface area contributed by atoms with E-state index in [0.717, 1.165) is 28.6 Å². The molecule has 0 bridgehead atoms. The molecule has 1 aromatic carbocycles. The number of rotatable bonds is 3. The summed E-state index contributed by atoms with van der Waals surface area (Å²) in [5, 5.41) is 0. The summed E-state index contributed by atoms with van der Waals surface area (Å²) in [7, 11) is 1.65. The Balaban J connectivity index is 2.14. The molecule has 1 heterocycles. The third-order valence-electron chi connectivity index (χ3n) is 3.23. The smallest absolute Gasteiger partial charge is 0.133 e. The van der Waals surface area contributed by atoms with Gasteiger partial charge < -0.3 is 15.2 Å². The molecule has 2 N–H and O–H groups in total. The molecular formula is C13H18BrNO2. The molecule has 0 amide bonds. The molecule has 4 heteroatoms. The molecule has 1 fully saturated rings. The van der Waals surface area contributed by atoms with Crippen LogP contribution in [0.15, 0.2) is 22.7 Å². The summed E-state index contributed by atoms with van der Waals surface area (Å²) in [6.07, 6.45) is 2.58. The predicted octanol–water partition coefficient (Wildman–Crippen LogP) is 3.03. The zero-order valence-electron chi connectivity index (χ0n) is 10.2. The zero-order chi connectivity index (χ0) is 12.4. The van der Waals surface area contributed by atoms with Crippen molar-refractivity contribution in [3.8, 4) is 5.75 Å². The number of methoxy groups -OCH3 is 1. The summed E-state index contributed by atoms with van der Waals surface area (Å²) in [5.41, 5.74) is 7.32. The number of benzene rings is 1. The fourth-order valence-corrected chi connectivity index (χ4v) is 2.76. The van der Waals surface area contributed by atoms with Crippen LogP contribution in [0.2, 0.25) is 0 Å². The van der Waals surface area contributed by atoms with Gasteiger partial charge in [0.25, 0.3) is 0 Å². The van der Waals surface area contributed by atoms with Gasteiger partial charge in [0.05, 0.1) is 29.8 Å². The summed E-state index contributed by atoms with van der Waals surface area (Å²) in [4.78, 5) is 0. The minimum absolute atomic E-state index is 0.0674. The van der Waals surface area contributed by atoms with Crippen molar-refractivity contribution in [3.63, 3.8) is 0 Å². The molecule has 0 spiro atoms. The molecule has 2 rings (SSSR count). The first kappa shape index (κ1) is 12.9. The quantitative estimate of drug-likeness (QED) is 0.933. The number of halogens is 1. The lowest BCUT2D eigenvalue weighted by atomic mass is 10.00. The van der Waals surface area contributed by atoms with Crippen molar-refractivity contribution in [1.29, 1.82) is 0 Å². The molecule has 1 saturated heterocycles. The maximum atomic E-state index is 6.24. The van der Waals surface area contributed by atoms with Gasteiger partial charge in [-0.15, -0.1) is 0 Å². The van der Waals surface area contributed by atoms with Crippen LogP contribution >= 0.6 is 15.9 Å². The molecular weight excluding hydrogens is 282 g/mol. The first-order valence-corrected chi connectivity index (χ1v) is 6.65. The minimum Gasteiger partial charge on any atom is -0.496 e. The molecule has 0 aliphatic carbocycles. The minimum atomic E-state index is -0.0674. The van der Waals surface area contributed by atoms with Crippen molar-refractivity contribution in [3.05, 3.63) is 28.2 Å². The number of hydrogen-bond donors (Lipinski definition) is 1. The monoisotopic (exact) mass is 299 g/mol. The summed E-state index contributed by atoms with van der Waals surface area (Å²) >= 11 is 3.47. The van der Waals surface area contributed by atoms with Crippen LogP contribution in [0, 0.1) is 0 Å². The van der Waals surface area contributed by atoms with Gasteiger partial charge in [-0.2, -0.15) is 0 Å². The van der Waals surface area contributed by atoms with E-state index in [-0.39, 0.29) is 12.1 Å². The highest BCUT2D eigenvalue weighted by Crippen LogP contribution is 2.32. The van der Waals surface area contributed by atoms with Crippen LogP contribution in [0.1, 0.15) is 31.4 Å². The molecule has 0 saturated carbocycles. The van der Waals surface area contributed by atoms with Crippen LogP contribution < -0.4 is 10.5 Å². The average Bonchev–Trinajstić information content (AvgIpc) is 2.75. The van der Waals surface area contributed by atoms with Gasteiger partial charge in [0, 0.05) is 0 Å². The van der Waals surface area contributed by atoms with E-state index in [1.807, 2.05) is 18.2 Å². The zero-order valence-corrected chi connectivity index (χ0v) is 11.7. The second-order valence-electron chi connectivity index (χ2n) is 4.48. The molecule has 1 aliphatic heterocycles. The fourth-order valence-electron chi connectivity index (χ4n) is 2.20. The van der Waals surface area contributed by atoms with E-state index >= 15 is 0 Å². The van der Waals surface area contributed by atoms with Crippen LogP contribution in [-0.2, 0) is 4.74 Å². The molecule has 1 aliphatic rings. The van der Waals surface area contributed by atoms with Gasteiger partial charge in [-0.1, -0.05) is 6.07 Å². The van der Waals surface area contributed by atoms with Gasteiger partial charge in [-0.3, -0.25) is 0 Å². The number of hydrogen-bond acceptors (Lipinski definition) is 3.